The first-order chi connectivity index (χ1) is 9.26. The summed E-state index contributed by atoms with van der Waals surface area (Å²) in [7, 11) is 0. The number of carbonyl (C=O) groups is 1. The van der Waals surface area contributed by atoms with E-state index in [1.807, 2.05) is 31.2 Å². The fourth-order valence-electron chi connectivity index (χ4n) is 3.85. The van der Waals surface area contributed by atoms with Crippen LogP contribution in [0.1, 0.15) is 49.4 Å². The van der Waals surface area contributed by atoms with Gasteiger partial charge in [-0.2, -0.15) is 0 Å². The summed E-state index contributed by atoms with van der Waals surface area (Å²) in [4.78, 5) is 11.6. The van der Waals surface area contributed by atoms with Crippen LogP contribution >= 0.6 is 0 Å². The maximum absolute atomic E-state index is 11.6. The predicted octanol–water partition coefficient (Wildman–Crippen LogP) is 4.13. The Kier molecular flexibility index (Phi) is 3.58. The van der Waals surface area contributed by atoms with Gasteiger partial charge in [0.05, 0.1) is 0 Å². The van der Waals surface area contributed by atoms with Crippen molar-refractivity contribution in [3.63, 3.8) is 0 Å². The van der Waals surface area contributed by atoms with E-state index in [1.165, 1.54) is 25.7 Å². The van der Waals surface area contributed by atoms with E-state index in [0.717, 1.165) is 35.5 Å². The number of hydrogen-bond acceptors (Lipinski definition) is 2. The SMILES string of the molecule is CCC(=O)c1ccc(NCC2CC3CCC2C3)cc1. The molecule has 0 aromatic heterocycles. The monoisotopic (exact) mass is 257 g/mol. The highest BCUT2D eigenvalue weighted by Crippen LogP contribution is 2.48. The molecule has 0 aliphatic heterocycles. The van der Waals surface area contributed by atoms with Crippen molar-refractivity contribution in [2.75, 3.05) is 11.9 Å². The summed E-state index contributed by atoms with van der Waals surface area (Å²) in [5, 5.41) is 3.54. The Bertz CT molecular complexity index is 451. The van der Waals surface area contributed by atoms with Crippen molar-refractivity contribution in [2.45, 2.75) is 39.0 Å². The van der Waals surface area contributed by atoms with Gasteiger partial charge in [-0.05, 0) is 61.3 Å². The molecule has 2 heteroatoms. The number of Topliss-reactive ketones (excluding diaryl/α,β-unsaturated/α-hetero) is 1. The van der Waals surface area contributed by atoms with Crippen molar-refractivity contribution in [3.8, 4) is 0 Å². The molecule has 2 nitrogen and oxygen atoms in total. The third-order valence-corrected chi connectivity index (χ3v) is 4.98. The van der Waals surface area contributed by atoms with E-state index < -0.39 is 0 Å². The predicted molar refractivity (Wildman–Crippen MR) is 78.5 cm³/mol. The molecule has 1 N–H and O–H groups in total. The third-order valence-electron chi connectivity index (χ3n) is 4.98. The van der Waals surface area contributed by atoms with Crippen LogP contribution in [-0.4, -0.2) is 12.3 Å². The number of hydrogen-bond donors (Lipinski definition) is 1. The number of nitrogens with one attached hydrogen (secondary N) is 1. The lowest BCUT2D eigenvalue weighted by atomic mass is 9.89. The van der Waals surface area contributed by atoms with Crippen LogP contribution in [0.25, 0.3) is 0 Å². The van der Waals surface area contributed by atoms with Crippen molar-refractivity contribution < 1.29 is 4.79 Å². The average molecular weight is 257 g/mol. The van der Waals surface area contributed by atoms with Crippen LogP contribution in [0.5, 0.6) is 0 Å². The number of carbonyl (C=O) groups excluding carboxylic acids is 1. The zero-order valence-corrected chi connectivity index (χ0v) is 11.7. The second-order valence-corrected chi connectivity index (χ2v) is 6.17. The highest BCUT2D eigenvalue weighted by Gasteiger charge is 2.38. The Morgan fingerprint density at radius 2 is 2.00 bits per heavy atom. The van der Waals surface area contributed by atoms with Gasteiger partial charge in [0.15, 0.2) is 5.78 Å². The molecule has 3 atom stereocenters. The molecule has 2 aliphatic rings. The molecule has 3 unspecified atom stereocenters. The van der Waals surface area contributed by atoms with Gasteiger partial charge in [0.2, 0.25) is 0 Å². The lowest BCUT2D eigenvalue weighted by molar-refractivity contribution is 0.0988. The second-order valence-electron chi connectivity index (χ2n) is 6.17. The van der Waals surface area contributed by atoms with Crippen molar-refractivity contribution in [1.82, 2.24) is 0 Å². The second kappa shape index (κ2) is 5.36. The summed E-state index contributed by atoms with van der Waals surface area (Å²) in [6.07, 6.45) is 6.38. The minimum Gasteiger partial charge on any atom is -0.385 e. The van der Waals surface area contributed by atoms with Crippen LogP contribution in [0, 0.1) is 17.8 Å². The van der Waals surface area contributed by atoms with E-state index in [0.29, 0.717) is 6.42 Å². The highest BCUT2D eigenvalue weighted by atomic mass is 16.1. The van der Waals surface area contributed by atoms with Gasteiger partial charge in [-0.1, -0.05) is 13.3 Å². The summed E-state index contributed by atoms with van der Waals surface area (Å²) in [6.45, 7) is 3.01. The van der Waals surface area contributed by atoms with Crippen molar-refractivity contribution >= 4 is 11.5 Å². The minimum absolute atomic E-state index is 0.222. The summed E-state index contributed by atoms with van der Waals surface area (Å²) < 4.78 is 0. The zero-order chi connectivity index (χ0) is 13.2. The number of ketones is 1. The number of anilines is 1. The molecule has 0 heterocycles. The van der Waals surface area contributed by atoms with E-state index >= 15 is 0 Å². The fourth-order valence-corrected chi connectivity index (χ4v) is 3.85. The molecule has 0 saturated heterocycles. The van der Waals surface area contributed by atoms with Gasteiger partial charge in [0.1, 0.15) is 0 Å². The maximum Gasteiger partial charge on any atom is 0.162 e. The standard InChI is InChI=1S/C17H23NO/c1-2-17(19)13-5-7-16(8-6-13)18-11-15-10-12-3-4-14(15)9-12/h5-8,12,14-15,18H,2-4,9-11H2,1H3. The third kappa shape index (κ3) is 2.68. The Labute approximate surface area is 115 Å². The van der Waals surface area contributed by atoms with Crippen molar-refractivity contribution in [3.05, 3.63) is 29.8 Å². The largest absolute Gasteiger partial charge is 0.385 e. The molecule has 2 fully saturated rings. The summed E-state index contributed by atoms with van der Waals surface area (Å²) >= 11 is 0. The van der Waals surface area contributed by atoms with Gasteiger partial charge in [0, 0.05) is 24.2 Å². The molecule has 2 aliphatic carbocycles. The Morgan fingerprint density at radius 1 is 1.21 bits per heavy atom. The first kappa shape index (κ1) is 12.7. The normalized spacial score (nSPS) is 28.6. The van der Waals surface area contributed by atoms with E-state index in [4.69, 9.17) is 0 Å². The molecule has 0 radical (unpaired) electrons. The van der Waals surface area contributed by atoms with Crippen LogP contribution in [-0.2, 0) is 0 Å². The van der Waals surface area contributed by atoms with E-state index in [-0.39, 0.29) is 5.78 Å². The van der Waals surface area contributed by atoms with Crippen LogP contribution in [0.4, 0.5) is 5.69 Å². The van der Waals surface area contributed by atoms with Gasteiger partial charge in [0.25, 0.3) is 0 Å². The van der Waals surface area contributed by atoms with Crippen molar-refractivity contribution in [2.24, 2.45) is 17.8 Å². The molecular weight excluding hydrogens is 234 g/mol. The Balaban J connectivity index is 1.54. The summed E-state index contributed by atoms with van der Waals surface area (Å²) in [5.41, 5.74) is 1.98. The van der Waals surface area contributed by atoms with E-state index in [1.54, 1.807) is 0 Å². The topological polar surface area (TPSA) is 29.1 Å². The molecular formula is C17H23NO. The number of fused-ring (bicyclic) bond motifs is 2. The van der Waals surface area contributed by atoms with E-state index in [9.17, 15) is 4.79 Å². The van der Waals surface area contributed by atoms with Crippen LogP contribution in [0.15, 0.2) is 24.3 Å². The molecule has 1 aromatic rings. The molecule has 1 aromatic carbocycles. The van der Waals surface area contributed by atoms with Gasteiger partial charge in [-0.15, -0.1) is 0 Å². The minimum atomic E-state index is 0.222. The van der Waals surface area contributed by atoms with Gasteiger partial charge >= 0.3 is 0 Å². The highest BCUT2D eigenvalue weighted by molar-refractivity contribution is 5.96. The molecule has 2 bridgehead atoms. The first-order valence-corrected chi connectivity index (χ1v) is 7.63. The Morgan fingerprint density at radius 3 is 2.58 bits per heavy atom. The van der Waals surface area contributed by atoms with Crippen LogP contribution in [0.3, 0.4) is 0 Å². The summed E-state index contributed by atoms with van der Waals surface area (Å²) in [6, 6.07) is 7.95. The number of rotatable bonds is 5. The molecule has 0 amide bonds. The lowest BCUT2D eigenvalue weighted by Gasteiger charge is -2.22. The molecule has 0 spiro atoms. The average Bonchev–Trinajstić information content (AvgIpc) is 3.07. The molecule has 2 saturated carbocycles. The zero-order valence-electron chi connectivity index (χ0n) is 11.7. The van der Waals surface area contributed by atoms with Gasteiger partial charge in [-0.3, -0.25) is 4.79 Å². The fraction of sp³-hybridized carbons (Fsp3) is 0.588. The van der Waals surface area contributed by atoms with Crippen LogP contribution < -0.4 is 5.32 Å². The molecule has 19 heavy (non-hydrogen) atoms. The first-order valence-electron chi connectivity index (χ1n) is 7.63. The Hall–Kier alpha value is -1.31. The van der Waals surface area contributed by atoms with Gasteiger partial charge < -0.3 is 5.32 Å². The number of benzene rings is 1. The van der Waals surface area contributed by atoms with Crippen molar-refractivity contribution in [1.29, 1.82) is 0 Å². The molecule has 102 valence electrons. The van der Waals surface area contributed by atoms with E-state index in [2.05, 4.69) is 5.32 Å². The summed E-state index contributed by atoms with van der Waals surface area (Å²) in [5.74, 6) is 3.08. The smallest absolute Gasteiger partial charge is 0.162 e. The van der Waals surface area contributed by atoms with Crippen LogP contribution in [0.2, 0.25) is 0 Å². The molecule has 3 rings (SSSR count). The maximum atomic E-state index is 11.6. The quantitative estimate of drug-likeness (QED) is 0.804. The lowest BCUT2D eigenvalue weighted by Crippen LogP contribution is -2.20. The van der Waals surface area contributed by atoms with Gasteiger partial charge in [-0.25, -0.2) is 0 Å².